The summed E-state index contributed by atoms with van der Waals surface area (Å²) in [7, 11) is 0. The lowest BCUT2D eigenvalue weighted by Crippen LogP contribution is -2.05. The molecular formula is C13H14N2OS. The van der Waals surface area contributed by atoms with Crippen molar-refractivity contribution in [3.05, 3.63) is 47.3 Å². The van der Waals surface area contributed by atoms with Gasteiger partial charge in [-0.15, -0.1) is 0 Å². The van der Waals surface area contributed by atoms with Crippen molar-refractivity contribution >= 4 is 17.5 Å². The Balaban J connectivity index is 2.07. The highest BCUT2D eigenvalue weighted by Gasteiger charge is 2.10. The third-order valence-corrected chi connectivity index (χ3v) is 3.41. The van der Waals surface area contributed by atoms with Crippen LogP contribution in [-0.4, -0.2) is 21.5 Å². The zero-order valence-corrected chi connectivity index (χ0v) is 10.7. The van der Waals surface area contributed by atoms with Crippen LogP contribution in [0.25, 0.3) is 0 Å². The Hall–Kier alpha value is -1.55. The smallest absolute Gasteiger partial charge is 0.173 e. The van der Waals surface area contributed by atoms with Gasteiger partial charge in [0, 0.05) is 18.0 Å². The Labute approximate surface area is 105 Å². The van der Waals surface area contributed by atoms with Gasteiger partial charge in [-0.1, -0.05) is 29.5 Å². The maximum Gasteiger partial charge on any atom is 0.173 e. The second-order valence-electron chi connectivity index (χ2n) is 3.92. The summed E-state index contributed by atoms with van der Waals surface area (Å²) < 4.78 is 0. The number of imidazole rings is 1. The lowest BCUT2D eigenvalue weighted by Gasteiger charge is -2.05. The first-order valence-corrected chi connectivity index (χ1v) is 6.38. The standard InChI is InChI=1S/C13H14N2OS/c1-9-3-4-10(2)11(7-9)12(16)8-17-13-14-5-6-15-13/h3-7H,8H2,1-2H3,(H,14,15). The molecule has 3 nitrogen and oxygen atoms in total. The van der Waals surface area contributed by atoms with Crippen LogP contribution >= 0.6 is 11.8 Å². The summed E-state index contributed by atoms with van der Waals surface area (Å²) in [5, 5.41) is 0.781. The molecule has 0 unspecified atom stereocenters. The minimum Gasteiger partial charge on any atom is -0.340 e. The summed E-state index contributed by atoms with van der Waals surface area (Å²) in [5.41, 5.74) is 2.95. The fourth-order valence-corrected chi connectivity index (χ4v) is 2.29. The topological polar surface area (TPSA) is 45.8 Å². The van der Waals surface area contributed by atoms with Crippen molar-refractivity contribution in [2.24, 2.45) is 0 Å². The van der Waals surface area contributed by atoms with Gasteiger partial charge in [0.1, 0.15) is 0 Å². The highest BCUT2D eigenvalue weighted by molar-refractivity contribution is 7.99. The minimum atomic E-state index is 0.146. The van der Waals surface area contributed by atoms with Crippen molar-refractivity contribution in [3.8, 4) is 0 Å². The molecule has 1 heterocycles. The van der Waals surface area contributed by atoms with E-state index < -0.39 is 0 Å². The number of rotatable bonds is 4. The molecule has 0 saturated heterocycles. The number of nitrogens with one attached hydrogen (secondary N) is 1. The number of hydrogen-bond donors (Lipinski definition) is 1. The number of aromatic amines is 1. The highest BCUT2D eigenvalue weighted by atomic mass is 32.2. The summed E-state index contributed by atoms with van der Waals surface area (Å²) in [6.45, 7) is 3.96. The van der Waals surface area contributed by atoms with E-state index in [-0.39, 0.29) is 5.78 Å². The molecule has 0 atom stereocenters. The molecular weight excluding hydrogens is 232 g/mol. The minimum absolute atomic E-state index is 0.146. The lowest BCUT2D eigenvalue weighted by atomic mass is 10.0. The summed E-state index contributed by atoms with van der Waals surface area (Å²) in [6, 6.07) is 5.95. The van der Waals surface area contributed by atoms with Crippen molar-refractivity contribution in [2.45, 2.75) is 19.0 Å². The van der Waals surface area contributed by atoms with Crippen LogP contribution in [0.15, 0.2) is 35.7 Å². The molecule has 2 rings (SSSR count). The summed E-state index contributed by atoms with van der Waals surface area (Å²) >= 11 is 1.43. The van der Waals surface area contributed by atoms with Crippen LogP contribution in [-0.2, 0) is 0 Å². The van der Waals surface area contributed by atoms with Crippen LogP contribution in [0.2, 0.25) is 0 Å². The molecule has 17 heavy (non-hydrogen) atoms. The Bertz CT molecular complexity index is 520. The Morgan fingerprint density at radius 2 is 2.24 bits per heavy atom. The fraction of sp³-hybridized carbons (Fsp3) is 0.231. The number of nitrogens with zero attached hydrogens (tertiary/aromatic N) is 1. The van der Waals surface area contributed by atoms with Gasteiger partial charge in [0.2, 0.25) is 0 Å². The molecule has 0 radical (unpaired) electrons. The molecule has 0 bridgehead atoms. The SMILES string of the molecule is Cc1ccc(C)c(C(=O)CSc2ncc[nH]2)c1. The Kier molecular flexibility index (Phi) is 3.64. The molecule has 1 N–H and O–H groups in total. The van der Waals surface area contributed by atoms with Crippen molar-refractivity contribution < 1.29 is 4.79 Å². The summed E-state index contributed by atoms with van der Waals surface area (Å²) in [4.78, 5) is 19.1. The van der Waals surface area contributed by atoms with Gasteiger partial charge in [0.25, 0.3) is 0 Å². The molecule has 0 aliphatic carbocycles. The highest BCUT2D eigenvalue weighted by Crippen LogP contribution is 2.17. The third-order valence-electron chi connectivity index (χ3n) is 2.51. The molecule has 0 spiro atoms. The van der Waals surface area contributed by atoms with E-state index in [2.05, 4.69) is 9.97 Å². The first-order chi connectivity index (χ1) is 8.16. The van der Waals surface area contributed by atoms with Crippen LogP contribution in [0.3, 0.4) is 0 Å². The number of benzene rings is 1. The zero-order chi connectivity index (χ0) is 12.3. The van der Waals surface area contributed by atoms with Gasteiger partial charge in [-0.25, -0.2) is 4.98 Å². The van der Waals surface area contributed by atoms with Gasteiger partial charge in [-0.2, -0.15) is 0 Å². The number of hydrogen-bond acceptors (Lipinski definition) is 3. The fourth-order valence-electron chi connectivity index (χ4n) is 1.58. The molecule has 4 heteroatoms. The van der Waals surface area contributed by atoms with Crippen molar-refractivity contribution in [2.75, 3.05) is 5.75 Å². The zero-order valence-electron chi connectivity index (χ0n) is 9.86. The molecule has 0 amide bonds. The average Bonchev–Trinajstić information content (AvgIpc) is 2.82. The number of ketones is 1. The number of aromatic nitrogens is 2. The second kappa shape index (κ2) is 5.19. The van der Waals surface area contributed by atoms with E-state index in [1.54, 1.807) is 12.4 Å². The molecule has 0 fully saturated rings. The monoisotopic (exact) mass is 246 g/mol. The molecule has 0 saturated carbocycles. The van der Waals surface area contributed by atoms with E-state index in [0.29, 0.717) is 5.75 Å². The van der Waals surface area contributed by atoms with Gasteiger partial charge < -0.3 is 4.98 Å². The number of H-pyrrole nitrogens is 1. The van der Waals surface area contributed by atoms with Gasteiger partial charge >= 0.3 is 0 Å². The van der Waals surface area contributed by atoms with Crippen LogP contribution in [0, 0.1) is 13.8 Å². The first-order valence-electron chi connectivity index (χ1n) is 5.39. The lowest BCUT2D eigenvalue weighted by molar-refractivity contribution is 0.102. The van der Waals surface area contributed by atoms with Crippen molar-refractivity contribution in [1.29, 1.82) is 0 Å². The van der Waals surface area contributed by atoms with Gasteiger partial charge in [0.15, 0.2) is 10.9 Å². The molecule has 88 valence electrons. The largest absolute Gasteiger partial charge is 0.340 e. The maximum atomic E-state index is 12.1. The second-order valence-corrected chi connectivity index (χ2v) is 4.89. The van der Waals surface area contributed by atoms with E-state index >= 15 is 0 Å². The number of Topliss-reactive ketones (excluding diaryl/α,β-unsaturated/α-hetero) is 1. The molecule has 0 aliphatic rings. The Morgan fingerprint density at radius 1 is 1.41 bits per heavy atom. The van der Waals surface area contributed by atoms with Gasteiger partial charge in [-0.05, 0) is 25.5 Å². The summed E-state index contributed by atoms with van der Waals surface area (Å²) in [5.74, 6) is 0.560. The number of carbonyl (C=O) groups is 1. The Morgan fingerprint density at radius 3 is 2.94 bits per heavy atom. The van der Waals surface area contributed by atoms with Crippen LogP contribution < -0.4 is 0 Å². The first kappa shape index (κ1) is 11.9. The number of carbonyl (C=O) groups excluding carboxylic acids is 1. The van der Waals surface area contributed by atoms with E-state index in [1.807, 2.05) is 32.0 Å². The van der Waals surface area contributed by atoms with Gasteiger partial charge in [-0.3, -0.25) is 4.79 Å². The number of aryl methyl sites for hydroxylation is 2. The van der Waals surface area contributed by atoms with E-state index in [0.717, 1.165) is 21.8 Å². The van der Waals surface area contributed by atoms with E-state index in [1.165, 1.54) is 11.8 Å². The number of thioether (sulfide) groups is 1. The predicted molar refractivity (Wildman–Crippen MR) is 69.6 cm³/mol. The molecule has 0 aliphatic heterocycles. The van der Waals surface area contributed by atoms with E-state index in [4.69, 9.17) is 0 Å². The average molecular weight is 246 g/mol. The molecule has 1 aromatic heterocycles. The molecule has 2 aromatic rings. The van der Waals surface area contributed by atoms with Crippen molar-refractivity contribution in [1.82, 2.24) is 9.97 Å². The predicted octanol–water partition coefficient (Wildman–Crippen LogP) is 3.00. The van der Waals surface area contributed by atoms with Crippen LogP contribution in [0.5, 0.6) is 0 Å². The maximum absolute atomic E-state index is 12.1. The van der Waals surface area contributed by atoms with Crippen LogP contribution in [0.1, 0.15) is 21.5 Å². The molecule has 1 aromatic carbocycles. The normalized spacial score (nSPS) is 10.5. The van der Waals surface area contributed by atoms with Gasteiger partial charge in [0.05, 0.1) is 5.75 Å². The summed E-state index contributed by atoms with van der Waals surface area (Å²) in [6.07, 6.45) is 3.44. The van der Waals surface area contributed by atoms with Crippen LogP contribution in [0.4, 0.5) is 0 Å². The quantitative estimate of drug-likeness (QED) is 0.666. The van der Waals surface area contributed by atoms with E-state index in [9.17, 15) is 4.79 Å². The van der Waals surface area contributed by atoms with Crippen molar-refractivity contribution in [3.63, 3.8) is 0 Å². The third kappa shape index (κ3) is 2.97.